The summed E-state index contributed by atoms with van der Waals surface area (Å²) in [6.45, 7) is 15.4. The molecule has 1 atom stereocenters. The van der Waals surface area contributed by atoms with Gasteiger partial charge < -0.3 is 20.1 Å². The second-order valence-corrected chi connectivity index (χ2v) is 5.68. The van der Waals surface area contributed by atoms with Gasteiger partial charge in [0.1, 0.15) is 0 Å². The lowest BCUT2D eigenvalue weighted by Gasteiger charge is -2.20. The van der Waals surface area contributed by atoms with E-state index in [9.17, 15) is 0 Å². The average Bonchev–Trinajstić information content (AvgIpc) is 2.49. The van der Waals surface area contributed by atoms with Gasteiger partial charge in [-0.15, -0.1) is 24.0 Å². The van der Waals surface area contributed by atoms with Gasteiger partial charge in [0, 0.05) is 32.8 Å². The molecule has 6 heteroatoms. The molecule has 0 fully saturated rings. The molecule has 0 amide bonds. The predicted molar refractivity (Wildman–Crippen MR) is 110 cm³/mol. The van der Waals surface area contributed by atoms with Gasteiger partial charge in [-0.25, -0.2) is 0 Å². The van der Waals surface area contributed by atoms with E-state index in [4.69, 9.17) is 9.47 Å². The number of hydrogen-bond acceptors (Lipinski definition) is 3. The molecule has 2 N–H and O–H groups in total. The van der Waals surface area contributed by atoms with Gasteiger partial charge in [-0.3, -0.25) is 4.99 Å². The molecule has 0 rings (SSSR count). The molecule has 0 heterocycles. The molecule has 0 aromatic rings. The Labute approximate surface area is 160 Å². The zero-order chi connectivity index (χ0) is 16.6. The fourth-order valence-electron chi connectivity index (χ4n) is 2.06. The zero-order valence-electron chi connectivity index (χ0n) is 15.7. The Hall–Kier alpha value is -0.0800. The zero-order valence-corrected chi connectivity index (χ0v) is 18.0. The van der Waals surface area contributed by atoms with Gasteiger partial charge in [0.2, 0.25) is 0 Å². The van der Waals surface area contributed by atoms with Crippen molar-refractivity contribution in [2.24, 2.45) is 10.9 Å². The number of aliphatic imine (C=N–C) groups is 1. The number of guanidine groups is 1. The fourth-order valence-corrected chi connectivity index (χ4v) is 2.06. The third-order valence-electron chi connectivity index (χ3n) is 3.33. The molecule has 0 aromatic heterocycles. The van der Waals surface area contributed by atoms with Gasteiger partial charge in [-0.1, -0.05) is 27.2 Å². The molecule has 1 unspecified atom stereocenters. The van der Waals surface area contributed by atoms with Gasteiger partial charge in [-0.05, 0) is 32.6 Å². The minimum atomic E-state index is 0. The molecule has 0 radical (unpaired) electrons. The second-order valence-electron chi connectivity index (χ2n) is 5.68. The fraction of sp³-hybridized carbons (Fsp3) is 0.941. The summed E-state index contributed by atoms with van der Waals surface area (Å²) in [5, 5.41) is 6.57. The summed E-state index contributed by atoms with van der Waals surface area (Å²) in [6.07, 6.45) is 3.54. The molecule has 0 aromatic carbocycles. The standard InChI is InChI=1S/C17H37N3O2.HI/c1-6-9-13-21-14-12-20-17(18-7-2)19-11-10-16(15(4)5)22-8-3;/h15-16H,6-14H2,1-5H3,(H2,18,19,20);1H. The van der Waals surface area contributed by atoms with Crippen LogP contribution in [-0.2, 0) is 9.47 Å². The van der Waals surface area contributed by atoms with Crippen LogP contribution < -0.4 is 10.6 Å². The summed E-state index contributed by atoms with van der Waals surface area (Å²) < 4.78 is 11.3. The van der Waals surface area contributed by atoms with Crippen LogP contribution in [0.3, 0.4) is 0 Å². The number of halogens is 1. The SMILES string of the molecule is CCCCOCCNC(=NCCC(OCC)C(C)C)NCC.I. The lowest BCUT2D eigenvalue weighted by molar-refractivity contribution is 0.0266. The number of hydrogen-bond donors (Lipinski definition) is 2. The minimum absolute atomic E-state index is 0. The summed E-state index contributed by atoms with van der Waals surface area (Å²) in [6, 6.07) is 0. The Morgan fingerprint density at radius 1 is 1.09 bits per heavy atom. The molecule has 0 aliphatic rings. The summed E-state index contributed by atoms with van der Waals surface area (Å²) in [5.41, 5.74) is 0. The first-order chi connectivity index (χ1) is 10.7. The molecule has 0 spiro atoms. The van der Waals surface area contributed by atoms with E-state index in [-0.39, 0.29) is 30.1 Å². The number of nitrogens with one attached hydrogen (secondary N) is 2. The highest BCUT2D eigenvalue weighted by Gasteiger charge is 2.12. The van der Waals surface area contributed by atoms with Crippen LogP contribution in [0.1, 0.15) is 53.9 Å². The first kappa shape index (κ1) is 25.2. The van der Waals surface area contributed by atoms with E-state index in [0.717, 1.165) is 58.3 Å². The Balaban J connectivity index is 0. The van der Waals surface area contributed by atoms with Crippen molar-refractivity contribution in [3.8, 4) is 0 Å². The molecule has 0 aliphatic carbocycles. The monoisotopic (exact) mass is 443 g/mol. The third-order valence-corrected chi connectivity index (χ3v) is 3.33. The second kappa shape index (κ2) is 18.3. The van der Waals surface area contributed by atoms with Crippen molar-refractivity contribution in [2.45, 2.75) is 60.0 Å². The minimum Gasteiger partial charge on any atom is -0.380 e. The topological polar surface area (TPSA) is 54.9 Å². The van der Waals surface area contributed by atoms with Gasteiger partial charge in [0.05, 0.1) is 12.7 Å². The molecular weight excluding hydrogens is 405 g/mol. The predicted octanol–water partition coefficient (Wildman–Crippen LogP) is 3.43. The molecule has 0 saturated carbocycles. The molecule has 140 valence electrons. The molecule has 0 aliphatic heterocycles. The Bertz CT molecular complexity index is 277. The number of rotatable bonds is 13. The van der Waals surface area contributed by atoms with E-state index in [1.807, 2.05) is 6.92 Å². The Kier molecular flexibility index (Phi) is 20.0. The quantitative estimate of drug-likeness (QED) is 0.198. The van der Waals surface area contributed by atoms with Crippen molar-refractivity contribution in [3.05, 3.63) is 0 Å². The lowest BCUT2D eigenvalue weighted by Crippen LogP contribution is -2.39. The van der Waals surface area contributed by atoms with Crippen LogP contribution in [0.25, 0.3) is 0 Å². The average molecular weight is 443 g/mol. The highest BCUT2D eigenvalue weighted by atomic mass is 127. The van der Waals surface area contributed by atoms with Crippen LogP contribution in [0.2, 0.25) is 0 Å². The van der Waals surface area contributed by atoms with E-state index in [1.165, 1.54) is 6.42 Å². The number of ether oxygens (including phenoxy) is 2. The first-order valence-corrected chi connectivity index (χ1v) is 8.87. The normalized spacial score (nSPS) is 12.9. The summed E-state index contributed by atoms with van der Waals surface area (Å²) in [5.74, 6) is 1.39. The molecule has 0 bridgehead atoms. The van der Waals surface area contributed by atoms with Crippen LogP contribution >= 0.6 is 24.0 Å². The van der Waals surface area contributed by atoms with Crippen LogP contribution in [0, 0.1) is 5.92 Å². The van der Waals surface area contributed by atoms with Crippen LogP contribution in [0.4, 0.5) is 0 Å². The maximum atomic E-state index is 5.75. The van der Waals surface area contributed by atoms with Crippen molar-refractivity contribution in [1.29, 1.82) is 0 Å². The summed E-state index contributed by atoms with van der Waals surface area (Å²) >= 11 is 0. The lowest BCUT2D eigenvalue weighted by atomic mass is 10.0. The maximum Gasteiger partial charge on any atom is 0.191 e. The van der Waals surface area contributed by atoms with Crippen LogP contribution in [0.15, 0.2) is 4.99 Å². The molecular formula is C17H38IN3O2. The highest BCUT2D eigenvalue weighted by molar-refractivity contribution is 14.0. The number of unbranched alkanes of at least 4 members (excludes halogenated alkanes) is 1. The first-order valence-electron chi connectivity index (χ1n) is 8.87. The third kappa shape index (κ3) is 15.2. The molecule has 5 nitrogen and oxygen atoms in total. The van der Waals surface area contributed by atoms with Gasteiger partial charge in [0.25, 0.3) is 0 Å². The van der Waals surface area contributed by atoms with Crippen LogP contribution in [-0.4, -0.2) is 51.5 Å². The molecule has 0 saturated heterocycles. The summed E-state index contributed by atoms with van der Waals surface area (Å²) in [7, 11) is 0. The maximum absolute atomic E-state index is 5.75. The van der Waals surface area contributed by atoms with Crippen molar-refractivity contribution in [2.75, 3.05) is 39.5 Å². The Morgan fingerprint density at radius 3 is 2.39 bits per heavy atom. The van der Waals surface area contributed by atoms with Crippen molar-refractivity contribution in [3.63, 3.8) is 0 Å². The van der Waals surface area contributed by atoms with Crippen molar-refractivity contribution in [1.82, 2.24) is 10.6 Å². The highest BCUT2D eigenvalue weighted by Crippen LogP contribution is 2.10. The van der Waals surface area contributed by atoms with E-state index >= 15 is 0 Å². The van der Waals surface area contributed by atoms with E-state index in [1.54, 1.807) is 0 Å². The van der Waals surface area contributed by atoms with Gasteiger partial charge in [0.15, 0.2) is 5.96 Å². The smallest absolute Gasteiger partial charge is 0.191 e. The largest absolute Gasteiger partial charge is 0.380 e. The van der Waals surface area contributed by atoms with Crippen molar-refractivity contribution >= 4 is 29.9 Å². The Morgan fingerprint density at radius 2 is 1.83 bits per heavy atom. The molecule has 23 heavy (non-hydrogen) atoms. The van der Waals surface area contributed by atoms with E-state index in [0.29, 0.717) is 5.92 Å². The van der Waals surface area contributed by atoms with Crippen LogP contribution in [0.5, 0.6) is 0 Å². The number of nitrogens with zero attached hydrogens (tertiary/aromatic N) is 1. The summed E-state index contributed by atoms with van der Waals surface area (Å²) in [4.78, 5) is 4.61. The van der Waals surface area contributed by atoms with Gasteiger partial charge in [-0.2, -0.15) is 0 Å². The van der Waals surface area contributed by atoms with E-state index < -0.39 is 0 Å². The van der Waals surface area contributed by atoms with Gasteiger partial charge >= 0.3 is 0 Å². The van der Waals surface area contributed by atoms with Crippen molar-refractivity contribution < 1.29 is 9.47 Å². The van der Waals surface area contributed by atoms with E-state index in [2.05, 4.69) is 43.3 Å².